The number of nitrogens with zero attached hydrogens (tertiary/aromatic N) is 1. The minimum atomic E-state index is 0.933. The van der Waals surface area contributed by atoms with Gasteiger partial charge >= 0.3 is 0 Å². The monoisotopic (exact) mass is 236 g/mol. The van der Waals surface area contributed by atoms with E-state index in [0.717, 1.165) is 30.5 Å². The van der Waals surface area contributed by atoms with Gasteiger partial charge in [0, 0.05) is 12.1 Å². The molecule has 2 nitrogen and oxygen atoms in total. The molecule has 4 atom stereocenters. The van der Waals surface area contributed by atoms with Crippen LogP contribution in [0.4, 0.5) is 0 Å². The van der Waals surface area contributed by atoms with Gasteiger partial charge in [-0.25, -0.2) is 0 Å². The summed E-state index contributed by atoms with van der Waals surface area (Å²) in [7, 11) is 0. The third kappa shape index (κ3) is 2.26. The number of rotatable bonds is 4. The molecule has 0 spiro atoms. The summed E-state index contributed by atoms with van der Waals surface area (Å²) >= 11 is 0. The highest BCUT2D eigenvalue weighted by atomic mass is 15.2. The molecule has 2 saturated carbocycles. The fourth-order valence-corrected chi connectivity index (χ4v) is 4.41. The fraction of sp³-hybridized carbons (Fsp3) is 1.00. The Morgan fingerprint density at radius 1 is 1.00 bits per heavy atom. The summed E-state index contributed by atoms with van der Waals surface area (Å²) in [4.78, 5) is 2.91. The quantitative estimate of drug-likeness (QED) is 0.807. The second kappa shape index (κ2) is 5.27. The van der Waals surface area contributed by atoms with Gasteiger partial charge in [0.1, 0.15) is 0 Å². The van der Waals surface area contributed by atoms with Gasteiger partial charge in [-0.2, -0.15) is 0 Å². The number of hydrogen-bond acceptors (Lipinski definition) is 2. The molecule has 0 amide bonds. The third-order valence-corrected chi connectivity index (χ3v) is 5.51. The minimum absolute atomic E-state index is 0.933. The number of fused-ring (bicyclic) bond motifs is 1. The van der Waals surface area contributed by atoms with Crippen LogP contribution in [0.15, 0.2) is 0 Å². The molecule has 0 aromatic rings. The maximum absolute atomic E-state index is 3.55. The fourth-order valence-electron chi connectivity index (χ4n) is 4.41. The summed E-state index contributed by atoms with van der Waals surface area (Å²) in [5, 5.41) is 3.55. The molecule has 3 fully saturated rings. The average molecular weight is 236 g/mol. The second-order valence-corrected chi connectivity index (χ2v) is 6.35. The molecule has 0 aromatic carbocycles. The first-order valence-electron chi connectivity index (χ1n) is 7.86. The zero-order valence-corrected chi connectivity index (χ0v) is 11.3. The van der Waals surface area contributed by atoms with E-state index in [2.05, 4.69) is 17.1 Å². The van der Waals surface area contributed by atoms with E-state index in [9.17, 15) is 0 Å². The molecule has 1 heterocycles. The number of hydrogen-bond donors (Lipinski definition) is 1. The maximum atomic E-state index is 3.55. The average Bonchev–Trinajstić information content (AvgIpc) is 2.73. The Morgan fingerprint density at radius 3 is 2.65 bits per heavy atom. The van der Waals surface area contributed by atoms with Crippen LogP contribution in [0, 0.1) is 11.8 Å². The van der Waals surface area contributed by atoms with Crippen LogP contribution < -0.4 is 5.32 Å². The molecule has 3 rings (SSSR count). The molecule has 98 valence electrons. The van der Waals surface area contributed by atoms with Gasteiger partial charge in [0.15, 0.2) is 0 Å². The predicted octanol–water partition coefficient (Wildman–Crippen LogP) is 2.64. The van der Waals surface area contributed by atoms with Gasteiger partial charge in [-0.3, -0.25) is 4.90 Å². The van der Waals surface area contributed by atoms with Crippen molar-refractivity contribution in [2.75, 3.05) is 19.6 Å². The van der Waals surface area contributed by atoms with Crippen molar-refractivity contribution in [3.63, 3.8) is 0 Å². The summed E-state index contributed by atoms with van der Waals surface area (Å²) < 4.78 is 0. The van der Waals surface area contributed by atoms with Gasteiger partial charge in [0.05, 0.1) is 0 Å². The predicted molar refractivity (Wildman–Crippen MR) is 72.1 cm³/mol. The van der Waals surface area contributed by atoms with Crippen LogP contribution in [0.1, 0.15) is 51.9 Å². The van der Waals surface area contributed by atoms with Crippen LogP contribution >= 0.6 is 0 Å². The third-order valence-electron chi connectivity index (χ3n) is 5.51. The molecule has 2 heteroatoms. The normalized spacial score (nSPS) is 42.2. The van der Waals surface area contributed by atoms with Crippen LogP contribution in [-0.2, 0) is 0 Å². The van der Waals surface area contributed by atoms with Crippen molar-refractivity contribution in [1.29, 1.82) is 0 Å². The molecule has 4 unspecified atom stereocenters. The van der Waals surface area contributed by atoms with Crippen LogP contribution in [0.2, 0.25) is 0 Å². The van der Waals surface area contributed by atoms with Crippen molar-refractivity contribution in [2.24, 2.45) is 11.8 Å². The lowest BCUT2D eigenvalue weighted by Gasteiger charge is -2.47. The summed E-state index contributed by atoms with van der Waals surface area (Å²) in [5.41, 5.74) is 0. The Hall–Kier alpha value is -0.0800. The lowest BCUT2D eigenvalue weighted by atomic mass is 9.76. The van der Waals surface area contributed by atoms with E-state index in [1.54, 1.807) is 0 Å². The van der Waals surface area contributed by atoms with Crippen LogP contribution in [0.3, 0.4) is 0 Å². The standard InChI is InChI=1S/C15H28N2/c1-2-16-11-13-7-8-15(13)17-10-9-12-5-3-4-6-14(12)17/h12-16H,2-11H2,1H3. The summed E-state index contributed by atoms with van der Waals surface area (Å²) in [5.74, 6) is 2.01. The summed E-state index contributed by atoms with van der Waals surface area (Å²) in [6.45, 7) is 6.02. The Kier molecular flexibility index (Phi) is 3.72. The molecule has 2 aliphatic carbocycles. The highest BCUT2D eigenvalue weighted by Crippen LogP contribution is 2.42. The van der Waals surface area contributed by atoms with Crippen molar-refractivity contribution in [3.8, 4) is 0 Å². The van der Waals surface area contributed by atoms with Gasteiger partial charge in [0.2, 0.25) is 0 Å². The van der Waals surface area contributed by atoms with Gasteiger partial charge < -0.3 is 5.32 Å². The first-order chi connectivity index (χ1) is 8.40. The van der Waals surface area contributed by atoms with Gasteiger partial charge in [-0.05, 0) is 63.6 Å². The second-order valence-electron chi connectivity index (χ2n) is 6.35. The van der Waals surface area contributed by atoms with Crippen LogP contribution in [-0.4, -0.2) is 36.6 Å². The molecule has 1 N–H and O–H groups in total. The largest absolute Gasteiger partial charge is 0.317 e. The van der Waals surface area contributed by atoms with E-state index in [1.807, 2.05) is 0 Å². The Bertz CT molecular complexity index is 253. The minimum Gasteiger partial charge on any atom is -0.317 e. The van der Waals surface area contributed by atoms with E-state index >= 15 is 0 Å². The van der Waals surface area contributed by atoms with Gasteiger partial charge in [-0.1, -0.05) is 19.8 Å². The van der Waals surface area contributed by atoms with E-state index in [4.69, 9.17) is 0 Å². The molecule has 1 saturated heterocycles. The molecule has 3 aliphatic rings. The number of likely N-dealkylation sites (tertiary alicyclic amines) is 1. The molecular formula is C15H28N2. The molecule has 1 aliphatic heterocycles. The zero-order chi connectivity index (χ0) is 11.7. The summed E-state index contributed by atoms with van der Waals surface area (Å²) in [6, 6.07) is 1.90. The van der Waals surface area contributed by atoms with Crippen molar-refractivity contribution in [2.45, 2.75) is 64.0 Å². The zero-order valence-electron chi connectivity index (χ0n) is 11.3. The molecular weight excluding hydrogens is 208 g/mol. The van der Waals surface area contributed by atoms with Crippen molar-refractivity contribution in [3.05, 3.63) is 0 Å². The molecule has 0 bridgehead atoms. The Balaban J connectivity index is 1.57. The van der Waals surface area contributed by atoms with E-state index in [0.29, 0.717) is 0 Å². The van der Waals surface area contributed by atoms with E-state index in [1.165, 1.54) is 58.0 Å². The highest BCUT2D eigenvalue weighted by molar-refractivity contribution is 4.98. The smallest absolute Gasteiger partial charge is 0.0139 e. The summed E-state index contributed by atoms with van der Waals surface area (Å²) in [6.07, 6.45) is 10.4. The van der Waals surface area contributed by atoms with Crippen LogP contribution in [0.25, 0.3) is 0 Å². The molecule has 0 radical (unpaired) electrons. The van der Waals surface area contributed by atoms with Crippen molar-refractivity contribution in [1.82, 2.24) is 10.2 Å². The van der Waals surface area contributed by atoms with E-state index in [-0.39, 0.29) is 0 Å². The molecule has 17 heavy (non-hydrogen) atoms. The topological polar surface area (TPSA) is 15.3 Å². The maximum Gasteiger partial charge on any atom is 0.0139 e. The van der Waals surface area contributed by atoms with Gasteiger partial charge in [0.25, 0.3) is 0 Å². The van der Waals surface area contributed by atoms with E-state index < -0.39 is 0 Å². The van der Waals surface area contributed by atoms with Gasteiger partial charge in [-0.15, -0.1) is 0 Å². The molecule has 0 aromatic heterocycles. The lowest BCUT2D eigenvalue weighted by molar-refractivity contribution is 0.0342. The Labute approximate surface area is 106 Å². The lowest BCUT2D eigenvalue weighted by Crippen LogP contribution is -2.53. The van der Waals surface area contributed by atoms with Crippen molar-refractivity contribution < 1.29 is 0 Å². The first kappa shape index (κ1) is 12.0. The highest BCUT2D eigenvalue weighted by Gasteiger charge is 2.44. The number of nitrogens with one attached hydrogen (secondary N) is 1. The van der Waals surface area contributed by atoms with Crippen molar-refractivity contribution >= 4 is 0 Å². The van der Waals surface area contributed by atoms with Crippen LogP contribution in [0.5, 0.6) is 0 Å². The Morgan fingerprint density at radius 2 is 1.88 bits per heavy atom. The SMILES string of the molecule is CCNCC1CCC1N1CCC2CCCCC21. The first-order valence-corrected chi connectivity index (χ1v) is 7.86.